The molecular weight excluding hydrogens is 468 g/mol. The number of nitrogens with one attached hydrogen (secondary N) is 2. The monoisotopic (exact) mass is 490 g/mol. The first-order valence-corrected chi connectivity index (χ1v) is 11.1. The molecule has 1 aliphatic carbocycles. The van der Waals surface area contributed by atoms with Crippen LogP contribution in [0, 0.1) is 5.82 Å². The third-order valence-corrected chi connectivity index (χ3v) is 5.75. The van der Waals surface area contributed by atoms with Crippen molar-refractivity contribution in [1.29, 1.82) is 0 Å². The van der Waals surface area contributed by atoms with Crippen LogP contribution in [0.4, 0.5) is 34.0 Å². The van der Waals surface area contributed by atoms with Gasteiger partial charge in [0.25, 0.3) is 0 Å². The van der Waals surface area contributed by atoms with Crippen LogP contribution in [0.1, 0.15) is 44.1 Å². The van der Waals surface area contributed by atoms with E-state index in [9.17, 15) is 26.6 Å². The van der Waals surface area contributed by atoms with Crippen molar-refractivity contribution in [2.24, 2.45) is 0 Å². The SMILES string of the molecule is C[C@@H](CC(F)(F)F)NC(=O)O[C@H]1CC[C@@H](c2cnc(Nc3ccc(S(=O)O)cc3F)nc2)C1. The Morgan fingerprint density at radius 3 is 2.61 bits per heavy atom. The number of aromatic nitrogens is 2. The summed E-state index contributed by atoms with van der Waals surface area (Å²) in [6.45, 7) is 1.26. The Kier molecular flexibility index (Phi) is 7.84. The summed E-state index contributed by atoms with van der Waals surface area (Å²) in [7, 11) is 0. The van der Waals surface area contributed by atoms with Crippen LogP contribution in [0.15, 0.2) is 35.5 Å². The van der Waals surface area contributed by atoms with Gasteiger partial charge >= 0.3 is 12.3 Å². The highest BCUT2D eigenvalue weighted by molar-refractivity contribution is 7.79. The summed E-state index contributed by atoms with van der Waals surface area (Å²) in [5, 5.41) is 4.88. The molecule has 180 valence electrons. The number of alkyl halides is 3. The van der Waals surface area contributed by atoms with Crippen LogP contribution < -0.4 is 10.6 Å². The number of hydrogen-bond acceptors (Lipinski definition) is 6. The number of nitrogens with zero attached hydrogens (tertiary/aromatic N) is 2. The molecule has 33 heavy (non-hydrogen) atoms. The first-order valence-electron chi connectivity index (χ1n) is 10.0. The molecular formula is C20H22F4N4O4S. The number of ether oxygens (including phenoxy) is 1. The highest BCUT2D eigenvalue weighted by atomic mass is 32.2. The zero-order valence-electron chi connectivity index (χ0n) is 17.4. The van der Waals surface area contributed by atoms with E-state index >= 15 is 0 Å². The van der Waals surface area contributed by atoms with Gasteiger partial charge in [-0.1, -0.05) is 0 Å². The van der Waals surface area contributed by atoms with Gasteiger partial charge in [0.15, 0.2) is 11.1 Å². The summed E-state index contributed by atoms with van der Waals surface area (Å²) in [5.74, 6) is -0.611. The molecule has 1 aromatic carbocycles. The molecule has 1 unspecified atom stereocenters. The molecule has 1 saturated carbocycles. The normalized spacial score (nSPS) is 20.2. The predicted octanol–water partition coefficient (Wildman–Crippen LogP) is 4.64. The minimum Gasteiger partial charge on any atom is -0.446 e. The Bertz CT molecular complexity index is 1010. The van der Waals surface area contributed by atoms with Crippen LogP contribution in [0.25, 0.3) is 0 Å². The van der Waals surface area contributed by atoms with Crippen molar-refractivity contribution in [1.82, 2.24) is 15.3 Å². The molecule has 2 aromatic rings. The molecule has 0 saturated heterocycles. The van der Waals surface area contributed by atoms with Gasteiger partial charge in [-0.2, -0.15) is 13.2 Å². The lowest BCUT2D eigenvalue weighted by molar-refractivity contribution is -0.138. The molecule has 0 aliphatic heterocycles. The second kappa shape index (κ2) is 10.4. The number of benzene rings is 1. The Morgan fingerprint density at radius 2 is 2.00 bits per heavy atom. The standard InChI is InChI=1S/C20H22F4N4O4S/c1-11(8-20(22,23)24)27-19(29)32-14-3-2-12(6-14)13-9-25-18(26-10-13)28-17-5-4-15(33(30)31)7-16(17)21/h4-5,7,9-12,14H,2-3,6,8H2,1H3,(H,27,29)(H,30,31)(H,25,26,28)/t11-,12+,14-/m0/s1. The number of carbonyl (C=O) groups is 1. The molecule has 1 aromatic heterocycles. The minimum atomic E-state index is -4.37. The van der Waals surface area contributed by atoms with Gasteiger partial charge < -0.3 is 19.9 Å². The molecule has 3 rings (SSSR count). The first kappa shape index (κ1) is 24.8. The summed E-state index contributed by atoms with van der Waals surface area (Å²) >= 11 is -2.29. The van der Waals surface area contributed by atoms with Crippen molar-refractivity contribution < 1.29 is 35.9 Å². The quantitative estimate of drug-likeness (QED) is 0.383. The van der Waals surface area contributed by atoms with Crippen LogP contribution in [0.5, 0.6) is 0 Å². The fourth-order valence-corrected chi connectivity index (χ4v) is 3.96. The maximum atomic E-state index is 14.1. The van der Waals surface area contributed by atoms with E-state index in [4.69, 9.17) is 9.29 Å². The third kappa shape index (κ3) is 7.35. The van der Waals surface area contributed by atoms with Crippen molar-refractivity contribution in [2.75, 3.05) is 5.32 Å². The Hall–Kier alpha value is -2.80. The Balaban J connectivity index is 1.51. The third-order valence-electron chi connectivity index (χ3n) is 5.09. The molecule has 13 heteroatoms. The maximum Gasteiger partial charge on any atom is 0.407 e. The number of hydrogen-bond donors (Lipinski definition) is 3. The van der Waals surface area contributed by atoms with Gasteiger partial charge in [0, 0.05) is 18.4 Å². The van der Waals surface area contributed by atoms with Crippen molar-refractivity contribution >= 4 is 28.8 Å². The van der Waals surface area contributed by atoms with Crippen LogP contribution >= 0.6 is 0 Å². The van der Waals surface area contributed by atoms with Gasteiger partial charge in [-0.25, -0.2) is 23.4 Å². The van der Waals surface area contributed by atoms with Gasteiger partial charge in [-0.05, 0) is 55.9 Å². The van der Waals surface area contributed by atoms with E-state index in [-0.39, 0.29) is 22.4 Å². The van der Waals surface area contributed by atoms with E-state index in [1.54, 1.807) is 12.4 Å². The molecule has 3 N–H and O–H groups in total. The molecule has 0 radical (unpaired) electrons. The molecule has 1 amide bonds. The molecule has 8 nitrogen and oxygen atoms in total. The zero-order chi connectivity index (χ0) is 24.2. The van der Waals surface area contributed by atoms with Gasteiger partial charge in [0.2, 0.25) is 5.95 Å². The number of amides is 1. The zero-order valence-corrected chi connectivity index (χ0v) is 18.3. The molecule has 0 bridgehead atoms. The summed E-state index contributed by atoms with van der Waals surface area (Å²) in [6.07, 6.45) is -2.00. The van der Waals surface area contributed by atoms with E-state index in [1.165, 1.54) is 19.1 Å². The van der Waals surface area contributed by atoms with Gasteiger partial charge in [-0.15, -0.1) is 0 Å². The molecule has 0 spiro atoms. The Labute approximate surface area is 189 Å². The lowest BCUT2D eigenvalue weighted by Crippen LogP contribution is -2.37. The van der Waals surface area contributed by atoms with E-state index in [1.807, 2.05) is 0 Å². The van der Waals surface area contributed by atoms with Crippen LogP contribution in [0.2, 0.25) is 0 Å². The second-order valence-corrected chi connectivity index (χ2v) is 8.73. The second-order valence-electron chi connectivity index (χ2n) is 7.76. The number of anilines is 2. The van der Waals surface area contributed by atoms with E-state index in [0.717, 1.165) is 11.6 Å². The lowest BCUT2D eigenvalue weighted by atomic mass is 10.0. The highest BCUT2D eigenvalue weighted by Gasteiger charge is 2.32. The van der Waals surface area contributed by atoms with Crippen LogP contribution in [-0.2, 0) is 15.8 Å². The summed E-state index contributed by atoms with van der Waals surface area (Å²) in [6, 6.07) is 2.45. The summed E-state index contributed by atoms with van der Waals surface area (Å²) in [4.78, 5) is 20.1. The fraction of sp³-hybridized carbons (Fsp3) is 0.450. The van der Waals surface area contributed by atoms with E-state index < -0.39 is 47.7 Å². The van der Waals surface area contributed by atoms with Gasteiger partial charge in [0.1, 0.15) is 11.9 Å². The number of alkyl carbamates (subject to hydrolysis) is 1. The van der Waals surface area contributed by atoms with Crippen molar-refractivity contribution in [3.8, 4) is 0 Å². The topological polar surface area (TPSA) is 113 Å². The average Bonchev–Trinajstić information content (AvgIpc) is 3.16. The van der Waals surface area contributed by atoms with Crippen LogP contribution in [-0.4, -0.2) is 43.1 Å². The van der Waals surface area contributed by atoms with Crippen molar-refractivity contribution in [2.45, 2.75) is 61.7 Å². The van der Waals surface area contributed by atoms with Gasteiger partial charge in [-0.3, -0.25) is 0 Å². The fourth-order valence-electron chi connectivity index (χ4n) is 3.57. The largest absolute Gasteiger partial charge is 0.446 e. The minimum absolute atomic E-state index is 0.00000161. The summed E-state index contributed by atoms with van der Waals surface area (Å²) in [5.41, 5.74) is 0.820. The van der Waals surface area contributed by atoms with E-state index in [0.29, 0.717) is 19.3 Å². The first-order chi connectivity index (χ1) is 15.5. The number of carbonyl (C=O) groups excluding carboxylic acids is 1. The number of halogens is 4. The van der Waals surface area contributed by atoms with E-state index in [2.05, 4.69) is 20.6 Å². The van der Waals surface area contributed by atoms with Crippen molar-refractivity contribution in [3.05, 3.63) is 42.0 Å². The van der Waals surface area contributed by atoms with Gasteiger partial charge in [0.05, 0.1) is 17.0 Å². The highest BCUT2D eigenvalue weighted by Crippen LogP contribution is 2.36. The van der Waals surface area contributed by atoms with Crippen LogP contribution in [0.3, 0.4) is 0 Å². The molecule has 1 heterocycles. The average molecular weight is 490 g/mol. The van der Waals surface area contributed by atoms with Crippen molar-refractivity contribution in [3.63, 3.8) is 0 Å². The lowest BCUT2D eigenvalue weighted by Gasteiger charge is -2.18. The Morgan fingerprint density at radius 1 is 1.30 bits per heavy atom. The predicted molar refractivity (Wildman–Crippen MR) is 111 cm³/mol. The maximum absolute atomic E-state index is 14.1. The number of rotatable bonds is 7. The molecule has 1 aliphatic rings. The summed E-state index contributed by atoms with van der Waals surface area (Å²) < 4.78 is 76.4. The molecule has 1 fully saturated rings. The smallest absolute Gasteiger partial charge is 0.407 e. The molecule has 4 atom stereocenters.